The van der Waals surface area contributed by atoms with Crippen molar-refractivity contribution in [3.8, 4) is 0 Å². The summed E-state index contributed by atoms with van der Waals surface area (Å²) >= 11 is 0.876. The van der Waals surface area contributed by atoms with Crippen LogP contribution in [-0.2, 0) is 26.2 Å². The van der Waals surface area contributed by atoms with Gasteiger partial charge in [-0.15, -0.1) is 0 Å². The number of nitrogens with zero attached hydrogens (tertiary/aromatic N) is 1. The van der Waals surface area contributed by atoms with E-state index < -0.39 is 24.9 Å². The third kappa shape index (κ3) is 4.56. The summed E-state index contributed by atoms with van der Waals surface area (Å²) in [6.45, 7) is 2.08. The van der Waals surface area contributed by atoms with E-state index >= 15 is 0 Å². The number of aromatic nitrogens is 1. The molecule has 0 saturated heterocycles. The Balaban J connectivity index is 1.75. The van der Waals surface area contributed by atoms with Gasteiger partial charge in [0.15, 0.2) is 5.03 Å². The Hall–Kier alpha value is -2.17. The first kappa shape index (κ1) is 22.0. The van der Waals surface area contributed by atoms with Gasteiger partial charge in [-0.25, -0.2) is 21.8 Å². The lowest BCUT2D eigenvalue weighted by Gasteiger charge is -2.20. The first-order valence-corrected chi connectivity index (χ1v) is 14.0. The highest BCUT2D eigenvalue weighted by atomic mass is 32.2. The Kier molecular flexibility index (Phi) is 6.23. The van der Waals surface area contributed by atoms with Gasteiger partial charge in [0.25, 0.3) is 0 Å². The predicted molar refractivity (Wildman–Crippen MR) is 119 cm³/mol. The van der Waals surface area contributed by atoms with Crippen LogP contribution in [0, 0.1) is 6.92 Å². The highest BCUT2D eigenvalue weighted by Crippen LogP contribution is 2.38. The minimum atomic E-state index is -4.01. The number of rotatable bonds is 7. The highest BCUT2D eigenvalue weighted by Gasteiger charge is 2.35. The van der Waals surface area contributed by atoms with Crippen molar-refractivity contribution in [1.29, 1.82) is 0 Å². The van der Waals surface area contributed by atoms with Gasteiger partial charge in [0.05, 0.1) is 23.0 Å². The fourth-order valence-electron chi connectivity index (χ4n) is 3.63. The Morgan fingerprint density at radius 3 is 2.42 bits per heavy atom. The van der Waals surface area contributed by atoms with E-state index in [4.69, 9.17) is 4.42 Å². The lowest BCUT2D eigenvalue weighted by Crippen LogP contribution is -2.24. The molecule has 166 valence electrons. The Morgan fingerprint density at radius 2 is 1.77 bits per heavy atom. The topological polar surface area (TPSA) is 106 Å². The van der Waals surface area contributed by atoms with Gasteiger partial charge >= 0.3 is 0 Å². The van der Waals surface area contributed by atoms with E-state index in [9.17, 15) is 16.8 Å². The number of benzene rings is 1. The first-order chi connectivity index (χ1) is 14.8. The van der Waals surface area contributed by atoms with Crippen molar-refractivity contribution in [2.24, 2.45) is 0 Å². The van der Waals surface area contributed by atoms with Crippen LogP contribution in [0.2, 0.25) is 0 Å². The van der Waals surface area contributed by atoms with E-state index in [0.29, 0.717) is 18.6 Å². The molecule has 0 radical (unpaired) electrons. The average Bonchev–Trinajstić information content (AvgIpc) is 3.44. The largest absolute Gasteiger partial charge is 0.467 e. The summed E-state index contributed by atoms with van der Waals surface area (Å²) in [5.74, 6) is 0.601. The zero-order chi connectivity index (χ0) is 22.1. The predicted octanol–water partition coefficient (Wildman–Crippen LogP) is 4.60. The molecule has 1 fully saturated rings. The van der Waals surface area contributed by atoms with Crippen LogP contribution in [-0.4, -0.2) is 27.1 Å². The number of hydrogen-bond acceptors (Lipinski definition) is 8. The number of furan rings is 1. The molecule has 1 N–H and O–H groups in total. The molecular weight excluding hydrogens is 456 g/mol. The number of anilines is 1. The zero-order valence-electron chi connectivity index (χ0n) is 17.1. The van der Waals surface area contributed by atoms with Crippen molar-refractivity contribution < 1.29 is 21.3 Å². The number of nitrogens with one attached hydrogen (secondary N) is 1. The number of hydrogen-bond donors (Lipinski definition) is 1. The number of thiazole rings is 1. The molecule has 4 rings (SSSR count). The molecule has 0 amide bonds. The third-order valence-corrected chi connectivity index (χ3v) is 10.9. The quantitative estimate of drug-likeness (QED) is 0.527. The molecule has 0 unspecified atom stereocenters. The molecular formula is C21H24N2O5S3. The molecule has 2 aromatic heterocycles. The molecule has 7 nitrogen and oxygen atoms in total. The summed E-state index contributed by atoms with van der Waals surface area (Å²) in [7, 11) is -7.71. The van der Waals surface area contributed by atoms with Crippen LogP contribution in [0.3, 0.4) is 0 Å². The van der Waals surface area contributed by atoms with E-state index in [1.54, 1.807) is 24.3 Å². The van der Waals surface area contributed by atoms with Gasteiger partial charge < -0.3 is 9.73 Å². The molecule has 10 heteroatoms. The van der Waals surface area contributed by atoms with Crippen molar-refractivity contribution in [2.45, 2.75) is 65.1 Å². The summed E-state index contributed by atoms with van der Waals surface area (Å²) in [4.78, 5) is 4.25. The lowest BCUT2D eigenvalue weighted by atomic mass is 10.0. The summed E-state index contributed by atoms with van der Waals surface area (Å²) in [5, 5.41) is 2.44. The molecule has 0 spiro atoms. The van der Waals surface area contributed by atoms with Crippen LogP contribution in [0.15, 0.2) is 61.3 Å². The standard InChI is InChI=1S/C21H24N2O5S3/c1-15-9-11-18(12-10-15)30(24,25)20-19(22-14-16-6-5-13-28-16)29-21(23-20)31(26,27)17-7-3-2-4-8-17/h5-6,9-13,17,22H,2-4,7-8,14H2,1H3. The maximum absolute atomic E-state index is 13.3. The smallest absolute Gasteiger partial charge is 0.226 e. The molecule has 0 atom stereocenters. The number of aryl methyl sites for hydroxylation is 1. The Labute approximate surface area is 186 Å². The van der Waals surface area contributed by atoms with Gasteiger partial charge in [0.1, 0.15) is 10.8 Å². The molecule has 1 aliphatic carbocycles. The molecule has 0 aliphatic heterocycles. The van der Waals surface area contributed by atoms with E-state index in [1.165, 1.54) is 18.4 Å². The average molecular weight is 481 g/mol. The van der Waals surface area contributed by atoms with E-state index in [-0.39, 0.29) is 25.8 Å². The maximum atomic E-state index is 13.3. The Bertz CT molecular complexity index is 1240. The van der Waals surface area contributed by atoms with Crippen LogP contribution in [0.4, 0.5) is 5.00 Å². The van der Waals surface area contributed by atoms with Crippen LogP contribution >= 0.6 is 11.3 Å². The summed E-state index contributed by atoms with van der Waals surface area (Å²) in [6, 6.07) is 9.91. The molecule has 2 heterocycles. The highest BCUT2D eigenvalue weighted by molar-refractivity contribution is 7.94. The summed E-state index contributed by atoms with van der Waals surface area (Å²) in [6.07, 6.45) is 5.41. The van der Waals surface area contributed by atoms with Crippen molar-refractivity contribution >= 4 is 36.0 Å². The van der Waals surface area contributed by atoms with E-state index in [1.807, 2.05) is 6.92 Å². The van der Waals surface area contributed by atoms with Crippen LogP contribution in [0.1, 0.15) is 43.4 Å². The fraction of sp³-hybridized carbons (Fsp3) is 0.381. The molecule has 1 aliphatic rings. The Morgan fingerprint density at radius 1 is 1.06 bits per heavy atom. The van der Waals surface area contributed by atoms with E-state index in [0.717, 1.165) is 36.2 Å². The SMILES string of the molecule is Cc1ccc(S(=O)(=O)c2nc(S(=O)(=O)C3CCCCC3)sc2NCc2ccco2)cc1. The monoisotopic (exact) mass is 480 g/mol. The second kappa shape index (κ2) is 8.76. The minimum Gasteiger partial charge on any atom is -0.467 e. The maximum Gasteiger partial charge on any atom is 0.226 e. The normalized spacial score (nSPS) is 15.8. The van der Waals surface area contributed by atoms with Crippen molar-refractivity contribution in [3.05, 3.63) is 54.0 Å². The molecule has 31 heavy (non-hydrogen) atoms. The molecule has 1 saturated carbocycles. The second-order valence-electron chi connectivity index (χ2n) is 7.67. The van der Waals surface area contributed by atoms with E-state index in [2.05, 4.69) is 10.3 Å². The number of sulfone groups is 2. The second-order valence-corrected chi connectivity index (χ2v) is 12.9. The van der Waals surface area contributed by atoms with Gasteiger partial charge in [0, 0.05) is 0 Å². The molecule has 3 aromatic rings. The molecule has 0 bridgehead atoms. The summed E-state index contributed by atoms with van der Waals surface area (Å²) in [5.41, 5.74) is 0.925. The van der Waals surface area contributed by atoms with Gasteiger partial charge in [-0.1, -0.05) is 48.3 Å². The van der Waals surface area contributed by atoms with Gasteiger partial charge in [-0.2, -0.15) is 0 Å². The van der Waals surface area contributed by atoms with Gasteiger partial charge in [-0.05, 0) is 44.0 Å². The first-order valence-electron chi connectivity index (χ1n) is 10.1. The summed E-state index contributed by atoms with van der Waals surface area (Å²) < 4.78 is 58.2. The zero-order valence-corrected chi connectivity index (χ0v) is 19.5. The van der Waals surface area contributed by atoms with Crippen molar-refractivity contribution in [2.75, 3.05) is 5.32 Å². The van der Waals surface area contributed by atoms with Crippen LogP contribution < -0.4 is 5.32 Å². The molecule has 1 aromatic carbocycles. The van der Waals surface area contributed by atoms with Crippen molar-refractivity contribution in [3.63, 3.8) is 0 Å². The van der Waals surface area contributed by atoms with Crippen LogP contribution in [0.25, 0.3) is 0 Å². The van der Waals surface area contributed by atoms with Gasteiger partial charge in [0.2, 0.25) is 24.0 Å². The third-order valence-electron chi connectivity index (χ3n) is 5.40. The fourth-order valence-corrected chi connectivity index (χ4v) is 8.61. The van der Waals surface area contributed by atoms with Gasteiger partial charge in [-0.3, -0.25) is 0 Å². The van der Waals surface area contributed by atoms with Crippen LogP contribution in [0.5, 0.6) is 0 Å². The lowest BCUT2D eigenvalue weighted by molar-refractivity contribution is 0.483. The minimum absolute atomic E-state index is 0.0751. The van der Waals surface area contributed by atoms with Crippen molar-refractivity contribution in [1.82, 2.24) is 4.98 Å².